The summed E-state index contributed by atoms with van der Waals surface area (Å²) < 4.78 is 0. The highest BCUT2D eigenvalue weighted by atomic mass is 32.1. The first kappa shape index (κ1) is 15.4. The van der Waals surface area contributed by atoms with Crippen molar-refractivity contribution in [3.8, 4) is 0 Å². The average molecular weight is 256 g/mol. The summed E-state index contributed by atoms with van der Waals surface area (Å²) in [6, 6.07) is 0. The van der Waals surface area contributed by atoms with E-state index in [1.54, 1.807) is 0 Å². The molecule has 0 spiro atoms. The molecule has 0 N–H and O–H groups in total. The molecule has 1 fully saturated rings. The van der Waals surface area contributed by atoms with Crippen molar-refractivity contribution >= 4 is 12.6 Å². The van der Waals surface area contributed by atoms with Crippen LogP contribution in [0.5, 0.6) is 0 Å². The van der Waals surface area contributed by atoms with Gasteiger partial charge in [0.15, 0.2) is 0 Å². The predicted molar refractivity (Wildman–Crippen MR) is 81.8 cm³/mol. The summed E-state index contributed by atoms with van der Waals surface area (Å²) in [4.78, 5) is 0. The lowest BCUT2D eigenvalue weighted by Crippen LogP contribution is -2.44. The van der Waals surface area contributed by atoms with Crippen LogP contribution in [0.2, 0.25) is 0 Å². The normalized spacial score (nSPS) is 40.2. The van der Waals surface area contributed by atoms with Gasteiger partial charge in [0.05, 0.1) is 0 Å². The van der Waals surface area contributed by atoms with Crippen LogP contribution in [0.3, 0.4) is 0 Å². The van der Waals surface area contributed by atoms with Gasteiger partial charge in [-0.25, -0.2) is 0 Å². The molecule has 0 saturated heterocycles. The third-order valence-electron chi connectivity index (χ3n) is 5.27. The standard InChI is InChI=1S/C16H32S/c1-6-7-9-15(4)11-13(2)8-10-16(15,5)12-14(3)17/h13-14,17H,6-12H2,1-5H3. The largest absolute Gasteiger partial charge is 0.176 e. The van der Waals surface area contributed by atoms with Gasteiger partial charge in [-0.05, 0) is 47.7 Å². The molecule has 0 heterocycles. The van der Waals surface area contributed by atoms with E-state index < -0.39 is 0 Å². The Kier molecular flexibility index (Phi) is 5.43. The number of hydrogen-bond acceptors (Lipinski definition) is 1. The van der Waals surface area contributed by atoms with E-state index in [0.29, 0.717) is 16.1 Å². The average Bonchev–Trinajstić information content (AvgIpc) is 2.21. The van der Waals surface area contributed by atoms with Gasteiger partial charge in [0.25, 0.3) is 0 Å². The van der Waals surface area contributed by atoms with Crippen LogP contribution in [0.1, 0.15) is 79.6 Å². The van der Waals surface area contributed by atoms with E-state index >= 15 is 0 Å². The van der Waals surface area contributed by atoms with Crippen molar-refractivity contribution in [1.82, 2.24) is 0 Å². The summed E-state index contributed by atoms with van der Waals surface area (Å²) in [5.41, 5.74) is 1.05. The zero-order chi connectivity index (χ0) is 13.1. The van der Waals surface area contributed by atoms with Gasteiger partial charge in [0.2, 0.25) is 0 Å². The summed E-state index contributed by atoms with van der Waals surface area (Å²) in [6.07, 6.45) is 9.64. The maximum Gasteiger partial charge on any atom is -0.000621 e. The molecule has 17 heavy (non-hydrogen) atoms. The fourth-order valence-electron chi connectivity index (χ4n) is 3.96. The van der Waals surface area contributed by atoms with E-state index in [1.165, 1.54) is 44.9 Å². The van der Waals surface area contributed by atoms with E-state index in [9.17, 15) is 0 Å². The number of hydrogen-bond donors (Lipinski definition) is 1. The summed E-state index contributed by atoms with van der Waals surface area (Å²) in [6.45, 7) is 12.1. The van der Waals surface area contributed by atoms with Crippen molar-refractivity contribution in [3.05, 3.63) is 0 Å². The Morgan fingerprint density at radius 2 is 1.94 bits per heavy atom. The molecule has 1 rings (SSSR count). The summed E-state index contributed by atoms with van der Waals surface area (Å²) in [7, 11) is 0. The molecule has 1 aliphatic carbocycles. The van der Waals surface area contributed by atoms with Crippen LogP contribution >= 0.6 is 12.6 Å². The van der Waals surface area contributed by atoms with Gasteiger partial charge in [-0.1, -0.05) is 53.9 Å². The minimum atomic E-state index is 0.510. The van der Waals surface area contributed by atoms with Crippen molar-refractivity contribution in [2.45, 2.75) is 84.8 Å². The molecule has 1 heteroatoms. The fourth-order valence-corrected chi connectivity index (χ4v) is 4.36. The lowest BCUT2D eigenvalue weighted by Gasteiger charge is -2.53. The number of unbranched alkanes of at least 4 members (excludes halogenated alkanes) is 1. The fraction of sp³-hybridized carbons (Fsp3) is 1.00. The first-order valence-electron chi connectivity index (χ1n) is 7.51. The van der Waals surface area contributed by atoms with Crippen LogP contribution < -0.4 is 0 Å². The first-order chi connectivity index (χ1) is 7.83. The second kappa shape index (κ2) is 5.99. The Balaban J connectivity index is 2.83. The van der Waals surface area contributed by atoms with Gasteiger partial charge < -0.3 is 0 Å². The summed E-state index contributed by atoms with van der Waals surface area (Å²) in [5.74, 6) is 0.917. The molecule has 0 amide bonds. The monoisotopic (exact) mass is 256 g/mol. The second-order valence-corrected chi connectivity index (χ2v) is 8.01. The van der Waals surface area contributed by atoms with Crippen LogP contribution in [0.4, 0.5) is 0 Å². The van der Waals surface area contributed by atoms with Crippen molar-refractivity contribution in [3.63, 3.8) is 0 Å². The molecule has 0 aromatic heterocycles. The Morgan fingerprint density at radius 3 is 2.47 bits per heavy atom. The highest BCUT2D eigenvalue weighted by molar-refractivity contribution is 7.80. The van der Waals surface area contributed by atoms with Crippen molar-refractivity contribution in [2.24, 2.45) is 16.7 Å². The molecule has 4 unspecified atom stereocenters. The molecular weight excluding hydrogens is 224 g/mol. The lowest BCUT2D eigenvalue weighted by atomic mass is 9.52. The van der Waals surface area contributed by atoms with Gasteiger partial charge in [-0.3, -0.25) is 0 Å². The summed E-state index contributed by atoms with van der Waals surface area (Å²) in [5, 5.41) is 0.536. The molecule has 0 nitrogen and oxygen atoms in total. The van der Waals surface area contributed by atoms with Crippen molar-refractivity contribution < 1.29 is 0 Å². The highest BCUT2D eigenvalue weighted by Gasteiger charge is 2.47. The lowest BCUT2D eigenvalue weighted by molar-refractivity contribution is -0.0216. The Bertz CT molecular complexity index is 236. The third kappa shape index (κ3) is 3.66. The number of rotatable bonds is 5. The first-order valence-corrected chi connectivity index (χ1v) is 8.03. The van der Waals surface area contributed by atoms with E-state index in [-0.39, 0.29) is 0 Å². The molecule has 0 bridgehead atoms. The molecule has 102 valence electrons. The Hall–Kier alpha value is 0.350. The molecule has 0 aliphatic heterocycles. The van der Waals surface area contributed by atoms with Gasteiger partial charge in [-0.15, -0.1) is 0 Å². The van der Waals surface area contributed by atoms with E-state index in [1.807, 2.05) is 0 Å². The minimum Gasteiger partial charge on any atom is -0.176 e. The molecule has 4 atom stereocenters. The van der Waals surface area contributed by atoms with Gasteiger partial charge in [-0.2, -0.15) is 12.6 Å². The SMILES string of the molecule is CCCCC1(C)CC(C)CCC1(C)CC(C)S. The van der Waals surface area contributed by atoms with Crippen LogP contribution in [0.25, 0.3) is 0 Å². The molecule has 0 aromatic carbocycles. The van der Waals surface area contributed by atoms with E-state index in [4.69, 9.17) is 0 Å². The molecule has 1 aliphatic rings. The van der Waals surface area contributed by atoms with Crippen LogP contribution in [-0.2, 0) is 0 Å². The second-order valence-electron chi connectivity index (χ2n) is 7.13. The van der Waals surface area contributed by atoms with E-state index in [2.05, 4.69) is 47.2 Å². The van der Waals surface area contributed by atoms with Gasteiger partial charge in [0, 0.05) is 0 Å². The summed E-state index contributed by atoms with van der Waals surface area (Å²) >= 11 is 4.65. The smallest absolute Gasteiger partial charge is 0.000621 e. The van der Waals surface area contributed by atoms with Gasteiger partial charge in [0.1, 0.15) is 0 Å². The maximum atomic E-state index is 4.65. The molecule has 0 aromatic rings. The highest BCUT2D eigenvalue weighted by Crippen LogP contribution is 2.57. The topological polar surface area (TPSA) is 0 Å². The zero-order valence-corrected chi connectivity index (χ0v) is 13.4. The van der Waals surface area contributed by atoms with Crippen LogP contribution in [-0.4, -0.2) is 5.25 Å². The van der Waals surface area contributed by atoms with E-state index in [0.717, 1.165) is 5.92 Å². The minimum absolute atomic E-state index is 0.510. The Labute approximate surface area is 114 Å². The predicted octanol–water partition coefficient (Wildman–Crippen LogP) is 5.72. The zero-order valence-electron chi connectivity index (χ0n) is 12.6. The Morgan fingerprint density at radius 1 is 1.29 bits per heavy atom. The third-order valence-corrected chi connectivity index (χ3v) is 5.46. The van der Waals surface area contributed by atoms with Crippen molar-refractivity contribution in [1.29, 1.82) is 0 Å². The van der Waals surface area contributed by atoms with Gasteiger partial charge >= 0.3 is 0 Å². The number of thiol groups is 1. The molecular formula is C16H32S. The van der Waals surface area contributed by atoms with Crippen LogP contribution in [0, 0.1) is 16.7 Å². The maximum absolute atomic E-state index is 4.65. The van der Waals surface area contributed by atoms with Crippen molar-refractivity contribution in [2.75, 3.05) is 0 Å². The van der Waals surface area contributed by atoms with Crippen LogP contribution in [0.15, 0.2) is 0 Å². The molecule has 1 saturated carbocycles. The quantitative estimate of drug-likeness (QED) is 0.598. The molecule has 0 radical (unpaired) electrons.